The van der Waals surface area contributed by atoms with E-state index >= 15 is 0 Å². The number of carbonyl (C=O) groups excluding carboxylic acids is 1. The molecule has 1 amide bonds. The molecule has 0 saturated carbocycles. The third kappa shape index (κ3) is 3.41. The van der Waals surface area contributed by atoms with Crippen molar-refractivity contribution < 1.29 is 9.21 Å². The topological polar surface area (TPSA) is 54.6 Å². The Bertz CT molecular complexity index is 1030. The molecule has 0 unspecified atom stereocenters. The van der Waals surface area contributed by atoms with Crippen LogP contribution < -0.4 is 5.32 Å². The van der Waals surface area contributed by atoms with Crippen molar-refractivity contribution >= 4 is 40.1 Å². The van der Waals surface area contributed by atoms with Gasteiger partial charge in [-0.3, -0.25) is 4.79 Å². The van der Waals surface area contributed by atoms with Gasteiger partial charge in [0.05, 0.1) is 12.2 Å². The number of furan rings is 1. The van der Waals surface area contributed by atoms with Crippen molar-refractivity contribution in [2.45, 2.75) is 23.3 Å². The van der Waals surface area contributed by atoms with Crippen molar-refractivity contribution in [1.29, 1.82) is 0 Å². The highest BCUT2D eigenvalue weighted by Crippen LogP contribution is 2.41. The number of nitrogens with zero attached hydrogens (tertiary/aromatic N) is 1. The summed E-state index contributed by atoms with van der Waals surface area (Å²) in [6.45, 7) is 2.21. The number of rotatable bonds is 3. The van der Waals surface area contributed by atoms with Crippen LogP contribution in [0.5, 0.6) is 0 Å². The Hall–Kier alpha value is -2.50. The Kier molecular flexibility index (Phi) is 4.57. The lowest BCUT2D eigenvalue weighted by molar-refractivity contribution is 0.0948. The number of hydrogen-bond acceptors (Lipinski definition) is 4. The van der Waals surface area contributed by atoms with Gasteiger partial charge in [0.15, 0.2) is 0 Å². The second-order valence-corrected chi connectivity index (χ2v) is 7.32. The minimum absolute atomic E-state index is 0.181. The average molecular weight is 383 g/mol. The first-order chi connectivity index (χ1) is 12.6. The number of amides is 1. The maximum atomic E-state index is 12.5. The maximum absolute atomic E-state index is 12.5. The van der Waals surface area contributed by atoms with E-state index in [2.05, 4.69) is 10.3 Å². The second kappa shape index (κ2) is 7.02. The molecule has 0 bridgehead atoms. The number of carbonyl (C=O) groups is 1. The highest BCUT2D eigenvalue weighted by atomic mass is 35.5. The van der Waals surface area contributed by atoms with Gasteiger partial charge in [0.2, 0.25) is 0 Å². The van der Waals surface area contributed by atoms with Crippen molar-refractivity contribution in [2.75, 3.05) is 0 Å². The van der Waals surface area contributed by atoms with Crippen LogP contribution in [0.15, 0.2) is 73.8 Å². The maximum Gasteiger partial charge on any atom is 0.251 e. The quantitative estimate of drug-likeness (QED) is 0.668. The molecule has 0 fully saturated rings. The molecule has 1 aliphatic rings. The number of halogens is 1. The van der Waals surface area contributed by atoms with Crippen molar-refractivity contribution in [3.63, 3.8) is 0 Å². The van der Waals surface area contributed by atoms with E-state index in [1.807, 2.05) is 49.4 Å². The van der Waals surface area contributed by atoms with Gasteiger partial charge >= 0.3 is 0 Å². The first-order valence-electron chi connectivity index (χ1n) is 8.09. The fraction of sp³-hybridized carbons (Fsp3) is 0.100. The fourth-order valence-corrected chi connectivity index (χ4v) is 4.01. The van der Waals surface area contributed by atoms with Gasteiger partial charge in [-0.05, 0) is 43.3 Å². The van der Waals surface area contributed by atoms with E-state index in [-0.39, 0.29) is 5.91 Å². The second-order valence-electron chi connectivity index (χ2n) is 5.88. The smallest absolute Gasteiger partial charge is 0.251 e. The lowest BCUT2D eigenvalue weighted by atomic mass is 10.2. The van der Waals surface area contributed by atoms with Gasteiger partial charge < -0.3 is 9.73 Å². The predicted octanol–water partition coefficient (Wildman–Crippen LogP) is 5.30. The number of fused-ring (bicyclic) bond motifs is 2. The summed E-state index contributed by atoms with van der Waals surface area (Å²) in [7, 11) is 0. The first kappa shape index (κ1) is 16.9. The minimum atomic E-state index is -0.181. The highest BCUT2D eigenvalue weighted by Gasteiger charge is 2.17. The lowest BCUT2D eigenvalue weighted by Gasteiger charge is -2.07. The Morgan fingerprint density at radius 1 is 1.15 bits per heavy atom. The highest BCUT2D eigenvalue weighted by molar-refractivity contribution is 7.99. The Morgan fingerprint density at radius 2 is 2.00 bits per heavy atom. The number of aliphatic imine (C=N–C) groups is 1. The first-order valence-corrected chi connectivity index (χ1v) is 9.28. The minimum Gasteiger partial charge on any atom is -0.465 e. The molecule has 0 aliphatic carbocycles. The molecule has 0 saturated heterocycles. The van der Waals surface area contributed by atoms with Crippen LogP contribution in [-0.2, 0) is 6.54 Å². The lowest BCUT2D eigenvalue weighted by Crippen LogP contribution is -2.22. The molecule has 0 atom stereocenters. The summed E-state index contributed by atoms with van der Waals surface area (Å²) in [6, 6.07) is 17.0. The van der Waals surface area contributed by atoms with E-state index in [9.17, 15) is 4.79 Å². The Labute approximate surface area is 160 Å². The van der Waals surface area contributed by atoms with Gasteiger partial charge in [-0.25, -0.2) is 4.99 Å². The molecule has 6 heteroatoms. The largest absolute Gasteiger partial charge is 0.465 e. The molecule has 0 radical (unpaired) electrons. The van der Waals surface area contributed by atoms with Gasteiger partial charge in [0.1, 0.15) is 16.7 Å². The van der Waals surface area contributed by atoms with Crippen LogP contribution >= 0.6 is 23.4 Å². The summed E-state index contributed by atoms with van der Waals surface area (Å²) < 4.78 is 5.47. The third-order valence-corrected chi connectivity index (χ3v) is 5.42. The molecular formula is C20H15ClN2O2S. The summed E-state index contributed by atoms with van der Waals surface area (Å²) in [5.41, 5.74) is 2.12. The van der Waals surface area contributed by atoms with E-state index in [1.54, 1.807) is 23.9 Å². The van der Waals surface area contributed by atoms with Crippen LogP contribution in [-0.4, -0.2) is 11.1 Å². The zero-order valence-electron chi connectivity index (χ0n) is 14.0. The molecular weight excluding hydrogens is 368 g/mol. The van der Waals surface area contributed by atoms with Crippen LogP contribution in [0.2, 0.25) is 0 Å². The van der Waals surface area contributed by atoms with E-state index in [0.717, 1.165) is 26.9 Å². The van der Waals surface area contributed by atoms with Crippen LogP contribution in [0.25, 0.3) is 0 Å². The SMILES string of the molecule is Cc1ccc(CNC(=O)c2ccc3c(c2)N=C(Cl)c2ccccc2S3)o1. The molecule has 0 spiro atoms. The van der Waals surface area contributed by atoms with Crippen molar-refractivity contribution in [3.8, 4) is 0 Å². The average Bonchev–Trinajstić information content (AvgIpc) is 3.00. The van der Waals surface area contributed by atoms with Crippen molar-refractivity contribution in [3.05, 3.63) is 77.2 Å². The molecule has 2 heterocycles. The van der Waals surface area contributed by atoms with Gasteiger partial charge in [0, 0.05) is 20.9 Å². The zero-order valence-corrected chi connectivity index (χ0v) is 15.5. The standard InChI is InChI=1S/C20H15ClN2O2S/c1-12-6-8-14(25-12)11-22-20(24)13-7-9-18-16(10-13)23-19(21)15-4-2-3-5-17(15)26-18/h2-10H,11H2,1H3,(H,22,24). The van der Waals surface area contributed by atoms with Gasteiger partial charge in [0.25, 0.3) is 5.91 Å². The molecule has 3 aromatic rings. The zero-order chi connectivity index (χ0) is 18.1. The fourth-order valence-electron chi connectivity index (χ4n) is 2.69. The predicted molar refractivity (Wildman–Crippen MR) is 104 cm³/mol. The Morgan fingerprint density at radius 3 is 2.81 bits per heavy atom. The molecule has 1 aromatic heterocycles. The molecule has 4 nitrogen and oxygen atoms in total. The van der Waals surface area contributed by atoms with Gasteiger partial charge in [-0.1, -0.05) is 41.6 Å². The third-order valence-electron chi connectivity index (χ3n) is 3.99. The van der Waals surface area contributed by atoms with Crippen LogP contribution in [0.4, 0.5) is 5.69 Å². The molecule has 4 rings (SSSR count). The summed E-state index contributed by atoms with van der Waals surface area (Å²) >= 11 is 7.97. The molecule has 130 valence electrons. The van der Waals surface area contributed by atoms with Crippen molar-refractivity contribution in [2.24, 2.45) is 4.99 Å². The number of benzene rings is 2. The van der Waals surface area contributed by atoms with Crippen molar-refractivity contribution in [1.82, 2.24) is 5.32 Å². The van der Waals surface area contributed by atoms with Crippen LogP contribution in [0, 0.1) is 6.92 Å². The molecule has 1 N–H and O–H groups in total. The summed E-state index contributed by atoms with van der Waals surface area (Å²) in [4.78, 5) is 19.0. The monoisotopic (exact) mass is 382 g/mol. The van der Waals surface area contributed by atoms with E-state index in [0.29, 0.717) is 23.0 Å². The molecule has 2 aromatic carbocycles. The number of hydrogen-bond donors (Lipinski definition) is 1. The molecule has 1 aliphatic heterocycles. The van der Waals surface area contributed by atoms with E-state index in [1.165, 1.54) is 0 Å². The van der Waals surface area contributed by atoms with Gasteiger partial charge in [-0.2, -0.15) is 0 Å². The normalized spacial score (nSPS) is 12.6. The Balaban J connectivity index is 1.58. The van der Waals surface area contributed by atoms with Gasteiger partial charge in [-0.15, -0.1) is 0 Å². The summed E-state index contributed by atoms with van der Waals surface area (Å²) in [5.74, 6) is 1.36. The number of aryl methyl sites for hydroxylation is 1. The van der Waals surface area contributed by atoms with Crippen LogP contribution in [0.1, 0.15) is 27.4 Å². The van der Waals surface area contributed by atoms with Crippen LogP contribution in [0.3, 0.4) is 0 Å². The molecule has 26 heavy (non-hydrogen) atoms. The number of nitrogens with one attached hydrogen (secondary N) is 1. The van der Waals surface area contributed by atoms with E-state index in [4.69, 9.17) is 16.0 Å². The van der Waals surface area contributed by atoms with E-state index < -0.39 is 0 Å². The summed E-state index contributed by atoms with van der Waals surface area (Å²) in [5, 5.41) is 3.28. The summed E-state index contributed by atoms with van der Waals surface area (Å²) in [6.07, 6.45) is 0.